The summed E-state index contributed by atoms with van der Waals surface area (Å²) in [6, 6.07) is 10.5. The monoisotopic (exact) mass is 394 g/mol. The number of amides is 2. The van der Waals surface area contributed by atoms with Crippen molar-refractivity contribution in [3.8, 4) is 5.75 Å². The van der Waals surface area contributed by atoms with Crippen LogP contribution in [0.2, 0.25) is 0 Å². The number of nitrogens with one attached hydrogen (secondary N) is 1. The number of carbonyl (C=O) groups is 2. The number of alkyl halides is 3. The minimum Gasteiger partial charge on any atom is -0.406 e. The summed E-state index contributed by atoms with van der Waals surface area (Å²) in [7, 11) is 1.55. The summed E-state index contributed by atoms with van der Waals surface area (Å²) in [5, 5.41) is 2.57. The molecule has 0 aliphatic heterocycles. The summed E-state index contributed by atoms with van der Waals surface area (Å²) in [6.45, 7) is 3.84. The van der Waals surface area contributed by atoms with Crippen molar-refractivity contribution < 1.29 is 27.5 Å². The minimum atomic E-state index is -4.75. The maximum absolute atomic E-state index is 12.2. The zero-order valence-corrected chi connectivity index (χ0v) is 15.8. The van der Waals surface area contributed by atoms with E-state index in [1.165, 1.54) is 29.2 Å². The van der Waals surface area contributed by atoms with E-state index in [2.05, 4.69) is 10.1 Å². The van der Waals surface area contributed by atoms with E-state index in [-0.39, 0.29) is 30.7 Å². The fourth-order valence-electron chi connectivity index (χ4n) is 2.43. The quantitative estimate of drug-likeness (QED) is 0.815. The van der Waals surface area contributed by atoms with Gasteiger partial charge in [-0.3, -0.25) is 9.59 Å². The number of hydrogen-bond donors (Lipinski definition) is 1. The highest BCUT2D eigenvalue weighted by Gasteiger charge is 2.30. The lowest BCUT2D eigenvalue weighted by molar-refractivity contribution is -0.274. The van der Waals surface area contributed by atoms with Gasteiger partial charge >= 0.3 is 6.36 Å². The third-order valence-corrected chi connectivity index (χ3v) is 4.17. The first-order chi connectivity index (χ1) is 13.0. The van der Waals surface area contributed by atoms with E-state index >= 15 is 0 Å². The number of likely N-dealkylation sites (N-methyl/N-ethyl adjacent to an activating group) is 1. The molecular formula is C20H21F3N2O3. The Balaban J connectivity index is 1.87. The number of ether oxygens (including phenoxy) is 1. The van der Waals surface area contributed by atoms with Crippen molar-refractivity contribution in [2.75, 3.05) is 13.6 Å². The lowest BCUT2D eigenvalue weighted by Gasteiger charge is -2.18. The molecule has 5 nitrogen and oxygen atoms in total. The van der Waals surface area contributed by atoms with Gasteiger partial charge in [-0.2, -0.15) is 0 Å². The van der Waals surface area contributed by atoms with E-state index < -0.39 is 6.36 Å². The lowest BCUT2D eigenvalue weighted by atomic mass is 10.1. The number of aryl methyl sites for hydroxylation is 2. The molecule has 0 saturated heterocycles. The van der Waals surface area contributed by atoms with Crippen LogP contribution in [0.25, 0.3) is 0 Å². The second-order valence-electron chi connectivity index (χ2n) is 6.42. The van der Waals surface area contributed by atoms with Gasteiger partial charge in [-0.15, -0.1) is 13.2 Å². The van der Waals surface area contributed by atoms with Crippen LogP contribution in [-0.2, 0) is 11.3 Å². The Morgan fingerprint density at radius 2 is 1.68 bits per heavy atom. The van der Waals surface area contributed by atoms with Crippen molar-refractivity contribution in [1.29, 1.82) is 0 Å². The SMILES string of the molecule is Cc1ccc(C(=O)NCC(=O)N(C)Cc2ccc(OC(F)(F)F)cc2)cc1C. The van der Waals surface area contributed by atoms with Crippen LogP contribution in [0.1, 0.15) is 27.0 Å². The van der Waals surface area contributed by atoms with Gasteiger partial charge in [0, 0.05) is 19.2 Å². The second kappa shape index (κ2) is 8.77. The van der Waals surface area contributed by atoms with Gasteiger partial charge < -0.3 is 15.0 Å². The highest BCUT2D eigenvalue weighted by atomic mass is 19.4. The van der Waals surface area contributed by atoms with Gasteiger partial charge in [0.2, 0.25) is 5.91 Å². The molecule has 0 fully saturated rings. The summed E-state index contributed by atoms with van der Waals surface area (Å²) in [5.74, 6) is -1.00. The van der Waals surface area contributed by atoms with Gasteiger partial charge in [-0.05, 0) is 54.8 Å². The van der Waals surface area contributed by atoms with E-state index in [0.717, 1.165) is 11.1 Å². The first-order valence-corrected chi connectivity index (χ1v) is 8.49. The van der Waals surface area contributed by atoms with Gasteiger partial charge in [0.15, 0.2) is 0 Å². The molecule has 0 aromatic heterocycles. The zero-order chi connectivity index (χ0) is 20.9. The Morgan fingerprint density at radius 3 is 2.25 bits per heavy atom. The predicted octanol–water partition coefficient (Wildman–Crippen LogP) is 3.59. The first-order valence-electron chi connectivity index (χ1n) is 8.49. The van der Waals surface area contributed by atoms with E-state index in [4.69, 9.17) is 0 Å². The molecule has 150 valence electrons. The van der Waals surface area contributed by atoms with Crippen LogP contribution in [0.4, 0.5) is 13.2 Å². The van der Waals surface area contributed by atoms with Gasteiger partial charge in [-0.1, -0.05) is 18.2 Å². The van der Waals surface area contributed by atoms with Crippen molar-refractivity contribution >= 4 is 11.8 Å². The molecule has 8 heteroatoms. The fourth-order valence-corrected chi connectivity index (χ4v) is 2.43. The fraction of sp³-hybridized carbons (Fsp3) is 0.300. The third kappa shape index (κ3) is 6.29. The molecule has 0 aliphatic carbocycles. The maximum atomic E-state index is 12.2. The smallest absolute Gasteiger partial charge is 0.406 e. The Labute approximate surface area is 161 Å². The third-order valence-electron chi connectivity index (χ3n) is 4.17. The van der Waals surface area contributed by atoms with Crippen LogP contribution >= 0.6 is 0 Å². The molecule has 0 bridgehead atoms. The average molecular weight is 394 g/mol. The van der Waals surface area contributed by atoms with Crippen molar-refractivity contribution in [3.63, 3.8) is 0 Å². The van der Waals surface area contributed by atoms with Gasteiger partial charge in [0.05, 0.1) is 6.54 Å². The van der Waals surface area contributed by atoms with Crippen LogP contribution < -0.4 is 10.1 Å². The van der Waals surface area contributed by atoms with E-state index in [9.17, 15) is 22.8 Å². The van der Waals surface area contributed by atoms with Crippen LogP contribution in [0.15, 0.2) is 42.5 Å². The Hall–Kier alpha value is -3.03. The van der Waals surface area contributed by atoms with Crippen LogP contribution in [0.3, 0.4) is 0 Å². The van der Waals surface area contributed by atoms with Crippen LogP contribution in [-0.4, -0.2) is 36.7 Å². The number of nitrogens with zero attached hydrogens (tertiary/aromatic N) is 1. The van der Waals surface area contributed by atoms with Crippen molar-refractivity contribution in [1.82, 2.24) is 10.2 Å². The molecule has 0 atom stereocenters. The Kier molecular flexibility index (Phi) is 6.66. The molecule has 2 amide bonds. The zero-order valence-electron chi connectivity index (χ0n) is 15.8. The van der Waals surface area contributed by atoms with E-state index in [1.807, 2.05) is 19.9 Å². The Bertz CT molecular complexity index is 849. The Morgan fingerprint density at radius 1 is 1.04 bits per heavy atom. The minimum absolute atomic E-state index is 0.183. The number of carbonyl (C=O) groups excluding carboxylic acids is 2. The molecule has 1 N–H and O–H groups in total. The number of rotatable bonds is 6. The summed E-state index contributed by atoms with van der Waals surface area (Å²) in [5.41, 5.74) is 3.15. The second-order valence-corrected chi connectivity index (χ2v) is 6.42. The average Bonchev–Trinajstić information content (AvgIpc) is 2.62. The lowest BCUT2D eigenvalue weighted by Crippen LogP contribution is -2.37. The van der Waals surface area contributed by atoms with Crippen molar-refractivity contribution in [2.24, 2.45) is 0 Å². The molecular weight excluding hydrogens is 373 g/mol. The maximum Gasteiger partial charge on any atom is 0.573 e. The summed E-state index contributed by atoms with van der Waals surface area (Å²) >= 11 is 0. The topological polar surface area (TPSA) is 58.6 Å². The first kappa shape index (κ1) is 21.3. The van der Waals surface area contributed by atoms with Crippen LogP contribution in [0.5, 0.6) is 5.75 Å². The van der Waals surface area contributed by atoms with Gasteiger partial charge in [-0.25, -0.2) is 0 Å². The molecule has 0 unspecified atom stereocenters. The number of halogens is 3. The summed E-state index contributed by atoms with van der Waals surface area (Å²) in [6.07, 6.45) is -4.75. The molecule has 2 aromatic carbocycles. The van der Waals surface area contributed by atoms with E-state index in [1.54, 1.807) is 19.2 Å². The van der Waals surface area contributed by atoms with Crippen molar-refractivity contribution in [2.45, 2.75) is 26.8 Å². The number of hydrogen-bond acceptors (Lipinski definition) is 3. The largest absolute Gasteiger partial charge is 0.573 e. The molecule has 0 spiro atoms. The normalized spacial score (nSPS) is 11.1. The summed E-state index contributed by atoms with van der Waals surface area (Å²) < 4.78 is 40.3. The molecule has 2 aromatic rings. The molecule has 2 rings (SSSR count). The molecule has 28 heavy (non-hydrogen) atoms. The molecule has 0 saturated carbocycles. The summed E-state index contributed by atoms with van der Waals surface area (Å²) in [4.78, 5) is 25.7. The van der Waals surface area contributed by atoms with Gasteiger partial charge in [0.25, 0.3) is 5.91 Å². The molecule has 0 heterocycles. The van der Waals surface area contributed by atoms with Crippen molar-refractivity contribution in [3.05, 3.63) is 64.7 Å². The molecule has 0 radical (unpaired) electrons. The number of benzene rings is 2. The van der Waals surface area contributed by atoms with E-state index in [0.29, 0.717) is 11.1 Å². The highest BCUT2D eigenvalue weighted by Crippen LogP contribution is 2.23. The molecule has 0 aliphatic rings. The van der Waals surface area contributed by atoms with Gasteiger partial charge in [0.1, 0.15) is 5.75 Å². The predicted molar refractivity (Wildman–Crippen MR) is 97.8 cm³/mol. The highest BCUT2D eigenvalue weighted by molar-refractivity contribution is 5.96. The van der Waals surface area contributed by atoms with Crippen LogP contribution in [0, 0.1) is 13.8 Å². The standard InChI is InChI=1S/C20H21F3N2O3/c1-13-4-7-16(10-14(13)2)19(27)24-11-18(26)25(3)12-15-5-8-17(9-6-15)28-20(21,22)23/h4-10H,11-12H2,1-3H3,(H,24,27).